The van der Waals surface area contributed by atoms with Gasteiger partial charge in [0.25, 0.3) is 5.91 Å². The minimum absolute atomic E-state index is 0.318. The van der Waals surface area contributed by atoms with Crippen molar-refractivity contribution in [1.29, 1.82) is 0 Å². The van der Waals surface area contributed by atoms with Crippen molar-refractivity contribution in [2.75, 3.05) is 0 Å². The molecule has 2 aromatic rings. The Morgan fingerprint density at radius 2 is 2.04 bits per heavy atom. The number of nitrogens with one attached hydrogen (secondary N) is 1. The van der Waals surface area contributed by atoms with Crippen molar-refractivity contribution in [3.8, 4) is 5.69 Å². The Balaban J connectivity index is 2.32. The molecule has 1 aromatic carbocycles. The number of nitrogens with zero attached hydrogens (tertiary/aromatic N) is 2. The summed E-state index contributed by atoms with van der Waals surface area (Å²) in [5, 5.41) is 16.7. The fourth-order valence-electron chi connectivity index (χ4n) is 2.54. The van der Waals surface area contributed by atoms with E-state index in [-0.39, 0.29) is 0 Å². The zero-order valence-corrected chi connectivity index (χ0v) is 14.6. The summed E-state index contributed by atoms with van der Waals surface area (Å²) in [4.78, 5) is 24.0. The second-order valence-corrected chi connectivity index (χ2v) is 6.26. The highest BCUT2D eigenvalue weighted by molar-refractivity contribution is 6.32. The van der Waals surface area contributed by atoms with Gasteiger partial charge in [-0.15, -0.1) is 0 Å². The van der Waals surface area contributed by atoms with Gasteiger partial charge in [-0.1, -0.05) is 37.1 Å². The largest absolute Gasteiger partial charge is 0.480 e. The molecule has 0 aliphatic rings. The van der Waals surface area contributed by atoms with Gasteiger partial charge in [0.1, 0.15) is 5.54 Å². The molecule has 2 rings (SSSR count). The van der Waals surface area contributed by atoms with Crippen molar-refractivity contribution < 1.29 is 14.7 Å². The summed E-state index contributed by atoms with van der Waals surface area (Å²) in [6.07, 6.45) is 2.40. The van der Waals surface area contributed by atoms with Gasteiger partial charge < -0.3 is 10.4 Å². The van der Waals surface area contributed by atoms with Crippen LogP contribution < -0.4 is 5.32 Å². The molecule has 24 heavy (non-hydrogen) atoms. The quantitative estimate of drug-likeness (QED) is 0.838. The van der Waals surface area contributed by atoms with E-state index in [2.05, 4.69) is 10.4 Å². The van der Waals surface area contributed by atoms with Gasteiger partial charge >= 0.3 is 5.97 Å². The summed E-state index contributed by atoms with van der Waals surface area (Å²) in [6.45, 7) is 5.11. The van der Waals surface area contributed by atoms with Crippen LogP contribution in [-0.2, 0) is 4.79 Å². The molecule has 0 fully saturated rings. The van der Waals surface area contributed by atoms with Crippen molar-refractivity contribution in [1.82, 2.24) is 15.1 Å². The van der Waals surface area contributed by atoms with E-state index >= 15 is 0 Å². The third-order valence-electron chi connectivity index (χ3n) is 3.95. The van der Waals surface area contributed by atoms with E-state index in [9.17, 15) is 14.7 Å². The molecule has 2 N–H and O–H groups in total. The maximum atomic E-state index is 12.5. The van der Waals surface area contributed by atoms with E-state index in [1.807, 2.05) is 13.0 Å². The number of halogens is 1. The van der Waals surface area contributed by atoms with E-state index in [0.29, 0.717) is 34.8 Å². The molecule has 7 heteroatoms. The predicted molar refractivity (Wildman–Crippen MR) is 91.7 cm³/mol. The van der Waals surface area contributed by atoms with Crippen molar-refractivity contribution in [2.45, 2.75) is 39.2 Å². The van der Waals surface area contributed by atoms with E-state index in [1.165, 1.54) is 13.1 Å². The van der Waals surface area contributed by atoms with Gasteiger partial charge in [0, 0.05) is 0 Å². The number of aliphatic carboxylic acids is 1. The maximum Gasteiger partial charge on any atom is 0.329 e. The molecule has 0 saturated carbocycles. The first-order valence-corrected chi connectivity index (χ1v) is 8.03. The smallest absolute Gasteiger partial charge is 0.329 e. The molecule has 0 spiro atoms. The first-order chi connectivity index (χ1) is 11.3. The van der Waals surface area contributed by atoms with E-state index < -0.39 is 17.4 Å². The lowest BCUT2D eigenvalue weighted by molar-refractivity contribution is -0.144. The first kappa shape index (κ1) is 18.0. The third kappa shape index (κ3) is 3.43. The summed E-state index contributed by atoms with van der Waals surface area (Å²) in [6, 6.07) is 7.16. The molecule has 1 atom stereocenters. The van der Waals surface area contributed by atoms with Gasteiger partial charge in [0.2, 0.25) is 0 Å². The van der Waals surface area contributed by atoms with Crippen molar-refractivity contribution in [2.24, 2.45) is 0 Å². The SMILES string of the molecule is CCCC(C)(NC(=O)c1cnn(-c2ccccc2Cl)c1C)C(=O)O. The Morgan fingerprint density at radius 1 is 1.38 bits per heavy atom. The summed E-state index contributed by atoms with van der Waals surface area (Å²) in [5.74, 6) is -1.53. The monoisotopic (exact) mass is 349 g/mol. The number of aromatic nitrogens is 2. The Kier molecular flexibility index (Phi) is 5.29. The lowest BCUT2D eigenvalue weighted by atomic mass is 9.96. The number of amides is 1. The third-order valence-corrected chi connectivity index (χ3v) is 4.27. The lowest BCUT2D eigenvalue weighted by Gasteiger charge is -2.25. The van der Waals surface area contributed by atoms with Crippen LogP contribution in [0.5, 0.6) is 0 Å². The molecule has 1 amide bonds. The number of carboxylic acids is 1. The van der Waals surface area contributed by atoms with Crippen LogP contribution in [0.1, 0.15) is 42.7 Å². The summed E-state index contributed by atoms with van der Waals surface area (Å²) in [5.41, 5.74) is 0.249. The van der Waals surface area contributed by atoms with Gasteiger partial charge in [0.15, 0.2) is 0 Å². The van der Waals surface area contributed by atoms with E-state index in [4.69, 9.17) is 11.6 Å². The number of para-hydroxylation sites is 1. The van der Waals surface area contributed by atoms with Crippen LogP contribution >= 0.6 is 11.6 Å². The topological polar surface area (TPSA) is 84.2 Å². The zero-order chi connectivity index (χ0) is 17.9. The molecule has 0 aliphatic heterocycles. The van der Waals surface area contributed by atoms with Crippen LogP contribution in [0.2, 0.25) is 5.02 Å². The number of hydrogen-bond donors (Lipinski definition) is 2. The Bertz CT molecular complexity index is 772. The number of benzene rings is 1. The average molecular weight is 350 g/mol. The Labute approximate surface area is 145 Å². The summed E-state index contributed by atoms with van der Waals surface area (Å²) >= 11 is 6.17. The second kappa shape index (κ2) is 7.05. The average Bonchev–Trinajstić information content (AvgIpc) is 2.89. The van der Waals surface area contributed by atoms with Crippen LogP contribution in [0.25, 0.3) is 5.69 Å². The van der Waals surface area contributed by atoms with Crippen LogP contribution in [0.3, 0.4) is 0 Å². The molecule has 1 aromatic heterocycles. The molecular weight excluding hydrogens is 330 g/mol. The van der Waals surface area contributed by atoms with Crippen molar-refractivity contribution in [3.05, 3.63) is 46.7 Å². The van der Waals surface area contributed by atoms with Crippen LogP contribution in [-0.4, -0.2) is 32.3 Å². The minimum atomic E-state index is -1.31. The second-order valence-electron chi connectivity index (χ2n) is 5.85. The van der Waals surface area contributed by atoms with Crippen LogP contribution in [0, 0.1) is 6.92 Å². The zero-order valence-electron chi connectivity index (χ0n) is 13.8. The first-order valence-electron chi connectivity index (χ1n) is 7.65. The van der Waals surface area contributed by atoms with Gasteiger partial charge in [-0.05, 0) is 32.4 Å². The normalized spacial score (nSPS) is 13.3. The van der Waals surface area contributed by atoms with Gasteiger partial charge in [-0.2, -0.15) is 5.10 Å². The van der Waals surface area contributed by atoms with Gasteiger partial charge in [-0.25, -0.2) is 9.48 Å². The summed E-state index contributed by atoms with van der Waals surface area (Å²) in [7, 11) is 0. The Hall–Kier alpha value is -2.34. The van der Waals surface area contributed by atoms with Crippen LogP contribution in [0.4, 0.5) is 0 Å². The fraction of sp³-hybridized carbons (Fsp3) is 0.353. The van der Waals surface area contributed by atoms with Crippen molar-refractivity contribution >= 4 is 23.5 Å². The molecule has 1 heterocycles. The number of carboxylic acid groups (broad SMARTS) is 1. The van der Waals surface area contributed by atoms with E-state index in [0.717, 1.165) is 0 Å². The molecular formula is C17H20ClN3O3. The predicted octanol–water partition coefficient (Wildman–Crippen LogP) is 3.21. The molecule has 0 radical (unpaired) electrons. The van der Waals surface area contributed by atoms with E-state index in [1.54, 1.807) is 29.8 Å². The molecule has 1 unspecified atom stereocenters. The van der Waals surface area contributed by atoms with Crippen molar-refractivity contribution in [3.63, 3.8) is 0 Å². The Morgan fingerprint density at radius 3 is 2.62 bits per heavy atom. The number of carbonyl (C=O) groups is 2. The fourth-order valence-corrected chi connectivity index (χ4v) is 2.76. The standard InChI is InChI=1S/C17H20ClN3O3/c1-4-9-17(3,16(23)24)20-15(22)12-10-19-21(11(12)2)14-8-6-5-7-13(14)18/h5-8,10H,4,9H2,1-3H3,(H,20,22)(H,23,24). The lowest BCUT2D eigenvalue weighted by Crippen LogP contribution is -2.52. The molecule has 0 bridgehead atoms. The molecule has 0 saturated heterocycles. The molecule has 128 valence electrons. The highest BCUT2D eigenvalue weighted by Gasteiger charge is 2.34. The summed E-state index contributed by atoms with van der Waals surface area (Å²) < 4.78 is 1.56. The number of carbonyl (C=O) groups excluding carboxylic acids is 1. The van der Waals surface area contributed by atoms with Gasteiger partial charge in [0.05, 0.1) is 28.2 Å². The molecule has 6 nitrogen and oxygen atoms in total. The highest BCUT2D eigenvalue weighted by Crippen LogP contribution is 2.22. The van der Waals surface area contributed by atoms with Crippen LogP contribution in [0.15, 0.2) is 30.5 Å². The minimum Gasteiger partial charge on any atom is -0.480 e. The number of hydrogen-bond acceptors (Lipinski definition) is 3. The highest BCUT2D eigenvalue weighted by atomic mass is 35.5. The van der Waals surface area contributed by atoms with Gasteiger partial charge in [-0.3, -0.25) is 4.79 Å². The number of rotatable bonds is 6. The maximum absolute atomic E-state index is 12.5. The molecule has 0 aliphatic carbocycles.